The Morgan fingerprint density at radius 2 is 2.33 bits per heavy atom. The Labute approximate surface area is 144 Å². The Morgan fingerprint density at radius 3 is 3.08 bits per heavy atom. The number of oxazole rings is 1. The summed E-state index contributed by atoms with van der Waals surface area (Å²) in [6, 6.07) is 3.86. The summed E-state index contributed by atoms with van der Waals surface area (Å²) in [4.78, 5) is 30.3. The lowest BCUT2D eigenvalue weighted by molar-refractivity contribution is -0.137. The average molecular weight is 348 g/mol. The zero-order valence-electron chi connectivity index (χ0n) is 13.3. The number of hydrogen-bond acceptors (Lipinski definition) is 5. The molecule has 0 unspecified atom stereocenters. The van der Waals surface area contributed by atoms with Crippen LogP contribution in [0.1, 0.15) is 31.4 Å². The van der Waals surface area contributed by atoms with Crippen LogP contribution in [0.15, 0.2) is 28.2 Å². The summed E-state index contributed by atoms with van der Waals surface area (Å²) in [6.45, 7) is 1.37. The molecule has 0 spiro atoms. The van der Waals surface area contributed by atoms with Gasteiger partial charge in [0, 0.05) is 19.5 Å². The number of amides is 1. The van der Waals surface area contributed by atoms with Crippen LogP contribution in [0.2, 0.25) is 0 Å². The molecule has 1 amide bonds. The zero-order chi connectivity index (χ0) is 16.9. The number of thiophene rings is 1. The molecule has 0 aromatic carbocycles. The SMILES string of the molecule is O=C(O)CC[C@@H]1CCCN(C(=O)Cc2coc(-c3cccs3)n2)C1. The number of aromatic nitrogens is 1. The molecule has 24 heavy (non-hydrogen) atoms. The van der Waals surface area contributed by atoms with Gasteiger partial charge in [-0.15, -0.1) is 11.3 Å². The fourth-order valence-electron chi connectivity index (χ4n) is 3.02. The van der Waals surface area contributed by atoms with Gasteiger partial charge in [-0.3, -0.25) is 9.59 Å². The fraction of sp³-hybridized carbons (Fsp3) is 0.471. The molecule has 1 fully saturated rings. The maximum Gasteiger partial charge on any atom is 0.303 e. The monoisotopic (exact) mass is 348 g/mol. The van der Waals surface area contributed by atoms with Crippen LogP contribution in [-0.2, 0) is 16.0 Å². The number of rotatable bonds is 6. The first-order valence-electron chi connectivity index (χ1n) is 8.09. The number of carboxylic acid groups (broad SMARTS) is 1. The molecule has 0 saturated carbocycles. The normalized spacial score (nSPS) is 17.8. The minimum absolute atomic E-state index is 0.0288. The summed E-state index contributed by atoms with van der Waals surface area (Å²) in [5.41, 5.74) is 0.635. The van der Waals surface area contributed by atoms with Gasteiger partial charge in [0.1, 0.15) is 6.26 Å². The number of carbonyl (C=O) groups excluding carboxylic acids is 1. The predicted molar refractivity (Wildman–Crippen MR) is 89.7 cm³/mol. The molecule has 1 saturated heterocycles. The van der Waals surface area contributed by atoms with Crippen LogP contribution in [0.4, 0.5) is 0 Å². The third-order valence-electron chi connectivity index (χ3n) is 4.25. The van der Waals surface area contributed by atoms with E-state index in [9.17, 15) is 9.59 Å². The van der Waals surface area contributed by atoms with Crippen LogP contribution >= 0.6 is 11.3 Å². The largest absolute Gasteiger partial charge is 0.481 e. The smallest absolute Gasteiger partial charge is 0.303 e. The molecular weight excluding hydrogens is 328 g/mol. The molecule has 1 aliphatic rings. The van der Waals surface area contributed by atoms with E-state index in [4.69, 9.17) is 9.52 Å². The van der Waals surface area contributed by atoms with Gasteiger partial charge in [0.05, 0.1) is 17.0 Å². The van der Waals surface area contributed by atoms with Gasteiger partial charge in [-0.1, -0.05) is 6.07 Å². The van der Waals surface area contributed by atoms with Gasteiger partial charge in [0.25, 0.3) is 0 Å². The first kappa shape index (κ1) is 16.7. The van der Waals surface area contributed by atoms with Crippen molar-refractivity contribution in [3.8, 4) is 10.8 Å². The van der Waals surface area contributed by atoms with E-state index in [0.29, 0.717) is 24.6 Å². The fourth-order valence-corrected chi connectivity index (χ4v) is 3.68. The Hall–Kier alpha value is -2.15. The lowest BCUT2D eigenvalue weighted by Crippen LogP contribution is -2.40. The number of carboxylic acids is 1. The van der Waals surface area contributed by atoms with E-state index in [0.717, 1.165) is 24.3 Å². The lowest BCUT2D eigenvalue weighted by atomic mass is 9.93. The van der Waals surface area contributed by atoms with Gasteiger partial charge in [0.2, 0.25) is 11.8 Å². The first-order chi connectivity index (χ1) is 11.6. The molecule has 1 N–H and O–H groups in total. The topological polar surface area (TPSA) is 83.6 Å². The van der Waals surface area contributed by atoms with Crippen LogP contribution in [0, 0.1) is 5.92 Å². The highest BCUT2D eigenvalue weighted by atomic mass is 32.1. The molecule has 0 bridgehead atoms. The van der Waals surface area contributed by atoms with E-state index in [1.807, 2.05) is 22.4 Å². The number of likely N-dealkylation sites (tertiary alicyclic amines) is 1. The van der Waals surface area contributed by atoms with Crippen molar-refractivity contribution in [1.29, 1.82) is 0 Å². The van der Waals surface area contributed by atoms with Gasteiger partial charge in [-0.25, -0.2) is 4.98 Å². The van der Waals surface area contributed by atoms with Crippen molar-refractivity contribution in [3.05, 3.63) is 29.5 Å². The summed E-state index contributed by atoms with van der Waals surface area (Å²) < 4.78 is 5.45. The van der Waals surface area contributed by atoms with E-state index < -0.39 is 5.97 Å². The minimum Gasteiger partial charge on any atom is -0.481 e. The molecule has 1 atom stereocenters. The van der Waals surface area contributed by atoms with Crippen molar-refractivity contribution in [3.63, 3.8) is 0 Å². The van der Waals surface area contributed by atoms with E-state index in [2.05, 4.69) is 4.98 Å². The van der Waals surface area contributed by atoms with Crippen molar-refractivity contribution in [2.45, 2.75) is 32.1 Å². The van der Waals surface area contributed by atoms with Crippen LogP contribution in [0.5, 0.6) is 0 Å². The highest BCUT2D eigenvalue weighted by Gasteiger charge is 2.24. The second-order valence-corrected chi connectivity index (χ2v) is 7.03. The molecule has 3 heterocycles. The summed E-state index contributed by atoms with van der Waals surface area (Å²) >= 11 is 1.54. The van der Waals surface area contributed by atoms with Crippen molar-refractivity contribution < 1.29 is 19.1 Å². The van der Waals surface area contributed by atoms with Crippen molar-refractivity contribution in [2.24, 2.45) is 5.92 Å². The number of aliphatic carboxylic acids is 1. The molecule has 7 heteroatoms. The third-order valence-corrected chi connectivity index (χ3v) is 5.11. The Morgan fingerprint density at radius 1 is 1.46 bits per heavy atom. The number of hydrogen-bond donors (Lipinski definition) is 1. The Bertz CT molecular complexity index is 695. The number of carbonyl (C=O) groups is 2. The molecule has 128 valence electrons. The second-order valence-electron chi connectivity index (χ2n) is 6.08. The standard InChI is InChI=1S/C17H20N2O4S/c20-15(19-7-1-3-12(10-19)5-6-16(21)22)9-13-11-23-17(18-13)14-4-2-8-24-14/h2,4,8,11-12H,1,3,5-7,9-10H2,(H,21,22)/t12-/m0/s1. The van der Waals surface area contributed by atoms with Crippen LogP contribution in [0.3, 0.4) is 0 Å². The lowest BCUT2D eigenvalue weighted by Gasteiger charge is -2.32. The first-order valence-corrected chi connectivity index (χ1v) is 8.97. The number of nitrogens with zero attached hydrogens (tertiary/aromatic N) is 2. The van der Waals surface area contributed by atoms with E-state index in [1.54, 1.807) is 17.6 Å². The van der Waals surface area contributed by atoms with Gasteiger partial charge in [-0.05, 0) is 36.6 Å². The molecular formula is C17H20N2O4S. The van der Waals surface area contributed by atoms with Crippen LogP contribution < -0.4 is 0 Å². The van der Waals surface area contributed by atoms with Gasteiger partial charge in [0.15, 0.2) is 0 Å². The maximum absolute atomic E-state index is 12.5. The predicted octanol–water partition coefficient (Wildman–Crippen LogP) is 3.05. The maximum atomic E-state index is 12.5. The quantitative estimate of drug-likeness (QED) is 0.867. The summed E-state index contributed by atoms with van der Waals surface area (Å²) in [5.74, 6) is 0.0757. The van der Waals surface area contributed by atoms with Gasteiger partial charge >= 0.3 is 5.97 Å². The van der Waals surface area contributed by atoms with E-state index in [1.165, 1.54) is 0 Å². The van der Waals surface area contributed by atoms with E-state index >= 15 is 0 Å². The Balaban J connectivity index is 1.55. The minimum atomic E-state index is -0.776. The summed E-state index contributed by atoms with van der Waals surface area (Å²) in [5, 5.41) is 10.8. The van der Waals surface area contributed by atoms with Gasteiger partial charge < -0.3 is 14.4 Å². The molecule has 0 aliphatic carbocycles. The molecule has 3 rings (SSSR count). The van der Waals surface area contributed by atoms with Crippen molar-refractivity contribution >= 4 is 23.2 Å². The molecule has 2 aromatic rings. The van der Waals surface area contributed by atoms with Crippen molar-refractivity contribution in [2.75, 3.05) is 13.1 Å². The molecule has 6 nitrogen and oxygen atoms in total. The summed E-state index contributed by atoms with van der Waals surface area (Å²) in [6.07, 6.45) is 4.48. The van der Waals surface area contributed by atoms with Crippen LogP contribution in [-0.4, -0.2) is 40.0 Å². The third kappa shape index (κ3) is 4.23. The molecule has 0 radical (unpaired) electrons. The Kier molecular flexibility index (Phi) is 5.30. The number of piperidine rings is 1. The molecule has 2 aromatic heterocycles. The molecule has 1 aliphatic heterocycles. The van der Waals surface area contributed by atoms with E-state index in [-0.39, 0.29) is 24.7 Å². The average Bonchev–Trinajstić information content (AvgIpc) is 3.24. The highest BCUT2D eigenvalue weighted by Crippen LogP contribution is 2.25. The van der Waals surface area contributed by atoms with Crippen LogP contribution in [0.25, 0.3) is 10.8 Å². The van der Waals surface area contributed by atoms with Gasteiger partial charge in [-0.2, -0.15) is 0 Å². The van der Waals surface area contributed by atoms with Crippen molar-refractivity contribution in [1.82, 2.24) is 9.88 Å². The summed E-state index contributed by atoms with van der Waals surface area (Å²) in [7, 11) is 0. The highest BCUT2D eigenvalue weighted by molar-refractivity contribution is 7.13. The zero-order valence-corrected chi connectivity index (χ0v) is 14.1. The second kappa shape index (κ2) is 7.61.